The molecule has 28 heavy (non-hydrogen) atoms. The summed E-state index contributed by atoms with van der Waals surface area (Å²) in [6.45, 7) is 0. The molecule has 0 unspecified atom stereocenters. The van der Waals surface area contributed by atoms with Crippen molar-refractivity contribution in [1.29, 1.82) is 0 Å². The van der Waals surface area contributed by atoms with Gasteiger partial charge >= 0.3 is 0 Å². The van der Waals surface area contributed by atoms with E-state index in [2.05, 4.69) is 0 Å². The molecule has 0 spiro atoms. The van der Waals surface area contributed by atoms with Crippen LogP contribution in [0, 0.1) is 5.82 Å². The average molecular weight is 392 g/mol. The molecule has 4 aromatic rings. The van der Waals surface area contributed by atoms with Crippen molar-refractivity contribution in [2.45, 2.75) is 31.7 Å². The molecule has 5 rings (SSSR count). The van der Waals surface area contributed by atoms with Crippen LogP contribution in [0.1, 0.15) is 31.7 Å². The SMILES string of the molecule is O=c1c2ccccc2sc2nc(-c3ccc(F)cc3)n(C3CCCC3)c(=O)c12. The molecular weight excluding hydrogens is 375 g/mol. The summed E-state index contributed by atoms with van der Waals surface area (Å²) >= 11 is 1.34. The number of halogens is 1. The Morgan fingerprint density at radius 3 is 2.46 bits per heavy atom. The highest BCUT2D eigenvalue weighted by Gasteiger charge is 2.25. The predicted octanol–water partition coefficient (Wildman–Crippen LogP) is 4.89. The van der Waals surface area contributed by atoms with Gasteiger partial charge in [0.25, 0.3) is 5.56 Å². The van der Waals surface area contributed by atoms with Crippen molar-refractivity contribution in [3.05, 3.63) is 74.9 Å². The van der Waals surface area contributed by atoms with E-state index in [0.29, 0.717) is 21.6 Å². The summed E-state index contributed by atoms with van der Waals surface area (Å²) in [6.07, 6.45) is 3.85. The van der Waals surface area contributed by atoms with E-state index < -0.39 is 0 Å². The minimum absolute atomic E-state index is 0.0142. The first-order valence-electron chi connectivity index (χ1n) is 9.37. The lowest BCUT2D eigenvalue weighted by molar-refractivity contribution is 0.505. The summed E-state index contributed by atoms with van der Waals surface area (Å²) in [6, 6.07) is 13.3. The quantitative estimate of drug-likeness (QED) is 0.456. The van der Waals surface area contributed by atoms with Crippen molar-refractivity contribution in [3.8, 4) is 11.4 Å². The maximum absolute atomic E-state index is 13.5. The Balaban J connectivity index is 1.91. The Bertz CT molecular complexity index is 1320. The van der Waals surface area contributed by atoms with E-state index in [0.717, 1.165) is 30.4 Å². The lowest BCUT2D eigenvalue weighted by Crippen LogP contribution is -2.29. The summed E-state index contributed by atoms with van der Waals surface area (Å²) in [5, 5.41) is 0.702. The van der Waals surface area contributed by atoms with Gasteiger partial charge in [-0.3, -0.25) is 14.2 Å². The number of hydrogen-bond donors (Lipinski definition) is 0. The van der Waals surface area contributed by atoms with Gasteiger partial charge in [0.15, 0.2) is 0 Å². The van der Waals surface area contributed by atoms with E-state index in [1.54, 1.807) is 28.8 Å². The molecule has 1 aliphatic carbocycles. The highest BCUT2D eigenvalue weighted by Crippen LogP contribution is 2.33. The largest absolute Gasteiger partial charge is 0.289 e. The van der Waals surface area contributed by atoms with E-state index in [4.69, 9.17) is 4.98 Å². The molecular formula is C22H17FN2O2S. The number of benzene rings is 2. The molecule has 0 radical (unpaired) electrons. The van der Waals surface area contributed by atoms with E-state index in [-0.39, 0.29) is 28.2 Å². The fourth-order valence-electron chi connectivity index (χ4n) is 4.07. The topological polar surface area (TPSA) is 52.0 Å². The first-order chi connectivity index (χ1) is 13.6. The van der Waals surface area contributed by atoms with Gasteiger partial charge < -0.3 is 0 Å². The van der Waals surface area contributed by atoms with Crippen LogP contribution in [0.3, 0.4) is 0 Å². The summed E-state index contributed by atoms with van der Waals surface area (Å²) in [4.78, 5) is 31.8. The molecule has 1 saturated carbocycles. The molecule has 2 aromatic heterocycles. The molecule has 1 aliphatic rings. The fraction of sp³-hybridized carbons (Fsp3) is 0.227. The highest BCUT2D eigenvalue weighted by atomic mass is 32.1. The average Bonchev–Trinajstić information content (AvgIpc) is 3.22. The molecule has 140 valence electrons. The van der Waals surface area contributed by atoms with Crippen LogP contribution >= 0.6 is 11.3 Å². The molecule has 2 aromatic carbocycles. The second kappa shape index (κ2) is 6.63. The summed E-state index contributed by atoms with van der Waals surface area (Å²) in [7, 11) is 0. The number of nitrogens with zero attached hydrogens (tertiary/aromatic N) is 2. The third-order valence-corrected chi connectivity index (χ3v) is 6.50. The Morgan fingerprint density at radius 2 is 1.71 bits per heavy atom. The van der Waals surface area contributed by atoms with Crippen LogP contribution in [0.5, 0.6) is 0 Å². The van der Waals surface area contributed by atoms with Crippen molar-refractivity contribution in [2.75, 3.05) is 0 Å². The predicted molar refractivity (Wildman–Crippen MR) is 111 cm³/mol. The van der Waals surface area contributed by atoms with Gasteiger partial charge in [-0.25, -0.2) is 9.37 Å². The number of hydrogen-bond acceptors (Lipinski definition) is 4. The van der Waals surface area contributed by atoms with Crippen LogP contribution in [-0.4, -0.2) is 9.55 Å². The molecule has 0 atom stereocenters. The first kappa shape index (κ1) is 17.3. The monoisotopic (exact) mass is 392 g/mol. The maximum Gasteiger partial charge on any atom is 0.266 e. The van der Waals surface area contributed by atoms with Crippen molar-refractivity contribution in [1.82, 2.24) is 9.55 Å². The van der Waals surface area contributed by atoms with Gasteiger partial charge in [0.1, 0.15) is 21.9 Å². The third kappa shape index (κ3) is 2.67. The summed E-state index contributed by atoms with van der Waals surface area (Å²) < 4.78 is 15.9. The molecule has 4 nitrogen and oxygen atoms in total. The van der Waals surface area contributed by atoms with E-state index in [1.807, 2.05) is 12.1 Å². The van der Waals surface area contributed by atoms with Crippen molar-refractivity contribution >= 4 is 31.6 Å². The van der Waals surface area contributed by atoms with Crippen LogP contribution in [0.4, 0.5) is 4.39 Å². The van der Waals surface area contributed by atoms with Crippen LogP contribution in [0.25, 0.3) is 31.7 Å². The Hall–Kier alpha value is -2.86. The molecule has 0 saturated heterocycles. The van der Waals surface area contributed by atoms with Crippen molar-refractivity contribution < 1.29 is 4.39 Å². The van der Waals surface area contributed by atoms with E-state index in [1.165, 1.54) is 23.5 Å². The van der Waals surface area contributed by atoms with Crippen LogP contribution < -0.4 is 11.0 Å². The maximum atomic E-state index is 13.5. The van der Waals surface area contributed by atoms with Crippen LogP contribution in [-0.2, 0) is 0 Å². The molecule has 0 aliphatic heterocycles. The van der Waals surface area contributed by atoms with Gasteiger partial charge in [0.2, 0.25) is 5.43 Å². The zero-order valence-corrected chi connectivity index (χ0v) is 15.8. The van der Waals surface area contributed by atoms with Gasteiger partial charge in [-0.2, -0.15) is 0 Å². The molecule has 0 N–H and O–H groups in total. The third-order valence-electron chi connectivity index (χ3n) is 5.44. The minimum Gasteiger partial charge on any atom is -0.289 e. The van der Waals surface area contributed by atoms with Crippen LogP contribution in [0.15, 0.2) is 58.1 Å². The number of aromatic nitrogens is 2. The van der Waals surface area contributed by atoms with Gasteiger partial charge in [0, 0.05) is 21.7 Å². The fourth-order valence-corrected chi connectivity index (χ4v) is 5.11. The first-order valence-corrected chi connectivity index (χ1v) is 10.2. The summed E-state index contributed by atoms with van der Waals surface area (Å²) in [5.41, 5.74) is 0.127. The Morgan fingerprint density at radius 1 is 1.00 bits per heavy atom. The zero-order chi connectivity index (χ0) is 19.3. The molecule has 0 amide bonds. The van der Waals surface area contributed by atoms with Crippen molar-refractivity contribution in [2.24, 2.45) is 0 Å². The number of rotatable bonds is 2. The Labute approximate surface area is 163 Å². The minimum atomic E-state index is -0.338. The van der Waals surface area contributed by atoms with E-state index >= 15 is 0 Å². The van der Waals surface area contributed by atoms with Gasteiger partial charge in [-0.05, 0) is 49.2 Å². The lowest BCUT2D eigenvalue weighted by Gasteiger charge is -2.19. The second-order valence-electron chi connectivity index (χ2n) is 7.16. The standard InChI is InChI=1S/C22H17FN2O2S/c23-14-11-9-13(10-12-14)20-24-21-18(22(27)25(20)15-5-1-2-6-15)19(26)16-7-3-4-8-17(16)28-21/h3-4,7-12,15H,1-2,5-6H2. The summed E-state index contributed by atoms with van der Waals surface area (Å²) in [5.74, 6) is 0.172. The molecule has 0 bridgehead atoms. The second-order valence-corrected chi connectivity index (χ2v) is 8.19. The Kier molecular flexibility index (Phi) is 4.09. The van der Waals surface area contributed by atoms with Gasteiger partial charge in [-0.1, -0.05) is 25.0 Å². The smallest absolute Gasteiger partial charge is 0.266 e. The normalized spacial score (nSPS) is 14.9. The van der Waals surface area contributed by atoms with Gasteiger partial charge in [0.05, 0.1) is 0 Å². The number of fused-ring (bicyclic) bond motifs is 2. The molecule has 2 heterocycles. The van der Waals surface area contributed by atoms with Crippen molar-refractivity contribution in [3.63, 3.8) is 0 Å². The highest BCUT2D eigenvalue weighted by molar-refractivity contribution is 7.24. The zero-order valence-electron chi connectivity index (χ0n) is 15.0. The van der Waals surface area contributed by atoms with Gasteiger partial charge in [-0.15, -0.1) is 11.3 Å². The lowest BCUT2D eigenvalue weighted by atomic mass is 10.1. The molecule has 1 fully saturated rings. The van der Waals surface area contributed by atoms with E-state index in [9.17, 15) is 14.0 Å². The molecule has 6 heteroatoms. The van der Waals surface area contributed by atoms with Crippen LogP contribution in [0.2, 0.25) is 0 Å².